The molecule has 62 heavy (non-hydrogen) atoms. The number of nitrogens with one attached hydrogen (secondary N) is 2. The Morgan fingerprint density at radius 1 is 0.742 bits per heavy atom. The van der Waals surface area contributed by atoms with Crippen molar-refractivity contribution in [1.82, 2.24) is 20.3 Å². The quantitative estimate of drug-likeness (QED) is 0.0491. The molecule has 5 aromatic rings. The molecule has 6 N–H and O–H groups in total. The van der Waals surface area contributed by atoms with Crippen LogP contribution < -0.4 is 16.8 Å². The highest BCUT2D eigenvalue weighted by Gasteiger charge is 2.30. The SMILES string of the molecule is C.Cc1noc(C)c1-c1cc(N)c(N)c(S(=O)(=O)CC2CCCC2)c1.Cc1noc(C)c1-c1cc(S(=O)(=O)CC2CCCC2)c2nc(NCC3CC3)[nH]c2c1.S=C=NCC1CC1. The molecule has 0 radical (unpaired) electrons. The summed E-state index contributed by atoms with van der Waals surface area (Å²) in [5.74, 6) is 4.24. The Morgan fingerprint density at radius 3 is 1.73 bits per heavy atom. The minimum absolute atomic E-state index is 0. The molecule has 4 fully saturated rings. The number of nitrogen functional groups attached to an aromatic ring is 2. The summed E-state index contributed by atoms with van der Waals surface area (Å²) in [5, 5.41) is 13.6. The number of aromatic amines is 1. The van der Waals surface area contributed by atoms with Crippen molar-refractivity contribution >= 4 is 65.4 Å². The first-order valence-electron chi connectivity index (χ1n) is 21.5. The molecule has 0 saturated heterocycles. The fraction of sp³-hybridized carbons (Fsp3) is 0.556. The highest BCUT2D eigenvalue weighted by Crippen LogP contribution is 2.39. The lowest BCUT2D eigenvalue weighted by Crippen LogP contribution is -2.16. The predicted molar refractivity (Wildman–Crippen MR) is 250 cm³/mol. The van der Waals surface area contributed by atoms with Crippen LogP contribution in [-0.4, -0.2) is 66.9 Å². The van der Waals surface area contributed by atoms with Crippen LogP contribution in [0.2, 0.25) is 0 Å². The summed E-state index contributed by atoms with van der Waals surface area (Å²) in [6, 6.07) is 6.98. The molecular weight excluding hydrogens is 845 g/mol. The van der Waals surface area contributed by atoms with Gasteiger partial charge in [-0.3, -0.25) is 0 Å². The molecule has 17 heteroatoms. The van der Waals surface area contributed by atoms with Gasteiger partial charge in [0.25, 0.3) is 0 Å². The minimum atomic E-state index is -3.49. The van der Waals surface area contributed by atoms with E-state index in [1.54, 1.807) is 25.1 Å². The molecule has 0 aliphatic heterocycles. The minimum Gasteiger partial charge on any atom is -0.397 e. The van der Waals surface area contributed by atoms with Crippen LogP contribution in [0.3, 0.4) is 0 Å². The molecule has 336 valence electrons. The zero-order valence-corrected chi connectivity index (χ0v) is 38.0. The normalized spacial score (nSPS) is 16.8. The Labute approximate surface area is 371 Å². The maximum Gasteiger partial charge on any atom is 0.201 e. The molecule has 14 nitrogen and oxygen atoms in total. The second kappa shape index (κ2) is 19.9. The molecule has 3 aromatic heterocycles. The first-order valence-corrected chi connectivity index (χ1v) is 25.2. The number of hydrogen-bond acceptors (Lipinski definition) is 14. The van der Waals surface area contributed by atoms with Gasteiger partial charge in [0.1, 0.15) is 17.0 Å². The lowest BCUT2D eigenvalue weighted by atomic mass is 10.0. The molecular formula is C45H62N8O6S3. The van der Waals surface area contributed by atoms with Gasteiger partial charge in [0.2, 0.25) is 5.95 Å². The van der Waals surface area contributed by atoms with Crippen molar-refractivity contribution in [2.24, 2.45) is 28.7 Å². The summed E-state index contributed by atoms with van der Waals surface area (Å²) >= 11 is 4.38. The molecule has 4 aliphatic carbocycles. The number of rotatable bonds is 13. The van der Waals surface area contributed by atoms with Gasteiger partial charge in [-0.15, -0.1) is 0 Å². The van der Waals surface area contributed by atoms with Crippen LogP contribution in [0.4, 0.5) is 17.3 Å². The number of nitrogens with two attached hydrogens (primary N) is 2. The first kappa shape index (κ1) is 46.9. The van der Waals surface area contributed by atoms with Gasteiger partial charge in [0, 0.05) is 17.7 Å². The largest absolute Gasteiger partial charge is 0.397 e. The summed E-state index contributed by atoms with van der Waals surface area (Å²) in [4.78, 5) is 12.1. The number of aromatic nitrogens is 4. The predicted octanol–water partition coefficient (Wildman–Crippen LogP) is 9.84. The monoisotopic (exact) mass is 906 g/mol. The zero-order chi connectivity index (χ0) is 43.5. The number of fused-ring (bicyclic) bond motifs is 1. The van der Waals surface area contributed by atoms with Gasteiger partial charge in [0.05, 0.1) is 61.3 Å². The van der Waals surface area contributed by atoms with Gasteiger partial charge in [-0.25, -0.2) is 26.8 Å². The van der Waals surface area contributed by atoms with E-state index in [0.29, 0.717) is 45.1 Å². The van der Waals surface area contributed by atoms with Crippen molar-refractivity contribution < 1.29 is 25.9 Å². The molecule has 0 bridgehead atoms. The number of aryl methyl sites for hydroxylation is 4. The molecule has 4 aliphatic rings. The van der Waals surface area contributed by atoms with Crippen LogP contribution in [0, 0.1) is 51.4 Å². The maximum atomic E-state index is 13.5. The number of aliphatic imine (C=N–C) groups is 1. The van der Waals surface area contributed by atoms with Crippen molar-refractivity contribution in [3.05, 3.63) is 47.2 Å². The lowest BCUT2D eigenvalue weighted by molar-refractivity contribution is 0.393. The van der Waals surface area contributed by atoms with Crippen LogP contribution in [0.1, 0.15) is 107 Å². The third-order valence-corrected chi connectivity index (χ3v) is 16.2. The Morgan fingerprint density at radius 2 is 1.24 bits per heavy atom. The van der Waals surface area contributed by atoms with Crippen molar-refractivity contribution in [3.8, 4) is 22.3 Å². The van der Waals surface area contributed by atoms with E-state index in [-0.39, 0.29) is 47.0 Å². The number of thiocarbonyl (C=S) groups is 1. The van der Waals surface area contributed by atoms with Crippen LogP contribution >= 0.6 is 12.2 Å². The summed E-state index contributed by atoms with van der Waals surface area (Å²) < 4.78 is 63.2. The molecule has 0 atom stereocenters. The summed E-state index contributed by atoms with van der Waals surface area (Å²) in [6.07, 6.45) is 13.5. The Kier molecular flexibility index (Phi) is 15.0. The van der Waals surface area contributed by atoms with Crippen LogP contribution in [0.15, 0.2) is 48.1 Å². The second-order valence-electron chi connectivity index (χ2n) is 17.4. The van der Waals surface area contributed by atoms with Crippen molar-refractivity contribution in [3.63, 3.8) is 0 Å². The third-order valence-electron chi connectivity index (χ3n) is 12.3. The van der Waals surface area contributed by atoms with Gasteiger partial charge in [0.15, 0.2) is 19.7 Å². The first-order chi connectivity index (χ1) is 29.1. The van der Waals surface area contributed by atoms with Gasteiger partial charge >= 0.3 is 0 Å². The highest BCUT2D eigenvalue weighted by atomic mass is 32.2. The summed E-state index contributed by atoms with van der Waals surface area (Å²) in [6.45, 7) is 9.10. The number of nitrogens with zero attached hydrogens (tertiary/aromatic N) is 4. The zero-order valence-electron chi connectivity index (χ0n) is 35.6. The smallest absolute Gasteiger partial charge is 0.201 e. The number of hydrogen-bond donors (Lipinski definition) is 4. The molecule has 2 aromatic carbocycles. The number of benzene rings is 2. The molecule has 9 rings (SSSR count). The van der Waals surface area contributed by atoms with Gasteiger partial charge in [-0.2, -0.15) is 0 Å². The van der Waals surface area contributed by atoms with Gasteiger partial charge in [-0.1, -0.05) is 43.4 Å². The van der Waals surface area contributed by atoms with E-state index in [1.807, 2.05) is 26.8 Å². The number of H-pyrrole nitrogens is 1. The molecule has 4 saturated carbocycles. The molecule has 0 unspecified atom stereocenters. The number of imidazole rings is 1. The molecule has 3 heterocycles. The van der Waals surface area contributed by atoms with E-state index in [0.717, 1.165) is 98.3 Å². The van der Waals surface area contributed by atoms with Gasteiger partial charge in [-0.05, 0) is 150 Å². The fourth-order valence-corrected chi connectivity index (χ4v) is 12.4. The molecule has 0 spiro atoms. The van der Waals surface area contributed by atoms with E-state index >= 15 is 0 Å². The number of isothiocyanates is 1. The second-order valence-corrected chi connectivity index (χ2v) is 21.6. The van der Waals surface area contributed by atoms with E-state index in [2.05, 4.69) is 48.0 Å². The van der Waals surface area contributed by atoms with E-state index in [4.69, 9.17) is 20.5 Å². The Hall–Kier alpha value is -4.57. The lowest BCUT2D eigenvalue weighted by Gasteiger charge is -2.15. The third kappa shape index (κ3) is 11.3. The molecule has 0 amide bonds. The van der Waals surface area contributed by atoms with E-state index < -0.39 is 19.7 Å². The van der Waals surface area contributed by atoms with Crippen molar-refractivity contribution in [1.29, 1.82) is 0 Å². The van der Waals surface area contributed by atoms with Crippen molar-refractivity contribution in [2.45, 2.75) is 122 Å². The van der Waals surface area contributed by atoms with Crippen LogP contribution in [0.5, 0.6) is 0 Å². The van der Waals surface area contributed by atoms with E-state index in [1.165, 1.54) is 25.7 Å². The number of sulfone groups is 2. The average Bonchev–Trinajstić information content (AvgIpc) is 3.91. The van der Waals surface area contributed by atoms with Gasteiger partial charge < -0.3 is 30.8 Å². The van der Waals surface area contributed by atoms with Crippen LogP contribution in [-0.2, 0) is 19.7 Å². The Balaban J connectivity index is 0.000000179. The number of anilines is 3. The van der Waals surface area contributed by atoms with E-state index in [9.17, 15) is 16.8 Å². The fourth-order valence-electron chi connectivity index (χ4n) is 8.57. The van der Waals surface area contributed by atoms with Crippen LogP contribution in [0.25, 0.3) is 33.3 Å². The average molecular weight is 907 g/mol. The topological polar surface area (TPSA) is 225 Å². The Bertz CT molecular complexity index is 2590. The maximum absolute atomic E-state index is 13.5. The summed E-state index contributed by atoms with van der Waals surface area (Å²) in [5.41, 5.74) is 18.1. The highest BCUT2D eigenvalue weighted by molar-refractivity contribution is 7.92. The standard InChI is InChI=1S/C22H28N4O3S.C17H23N3O3S.C5H7NS.CH4/c1-13-20(14(2)29-26-13)17-9-18-21(25-22(24-18)23-11-15-7-8-15)19(10-17)30(27,28)12-16-5-3-4-6-16;1-10-16(11(2)23-20-10)13-7-14(18)17(19)15(8-13)24(21,22)9-12-5-3-4-6-12;7-4-6-3-5-1-2-5;/h9-10,15-16H,3-8,11-12H2,1-2H3,(H2,23,24,25);7-8,12H,3-6,9,18-19H2,1-2H3;5H,1-3H2;1H4. The summed E-state index contributed by atoms with van der Waals surface area (Å²) in [7, 11) is -6.97. The van der Waals surface area contributed by atoms with Crippen molar-refractivity contribution in [2.75, 3.05) is 41.4 Å².